The van der Waals surface area contributed by atoms with E-state index in [1.54, 1.807) is 0 Å². The Labute approximate surface area is 140 Å². The van der Waals surface area contributed by atoms with Crippen LogP contribution < -0.4 is 0 Å². The molecule has 0 heterocycles. The normalized spacial score (nSPS) is 13.5. The number of rotatable bonds is 16. The fourth-order valence-corrected chi connectivity index (χ4v) is 3.43. The molecule has 0 aliphatic rings. The lowest BCUT2D eigenvalue weighted by Crippen LogP contribution is -2.50. The lowest BCUT2D eigenvalue weighted by atomic mass is 9.98. The number of hydrogen-bond acceptors (Lipinski definition) is 1. The first-order chi connectivity index (χ1) is 10.6. The van der Waals surface area contributed by atoms with Gasteiger partial charge in [-0.25, -0.2) is 0 Å². The topological polar surface area (TPSA) is 20.2 Å². The van der Waals surface area contributed by atoms with Gasteiger partial charge >= 0.3 is 0 Å². The molecule has 2 nitrogen and oxygen atoms in total. The molecular weight excluding hydrogens is 270 g/mol. The Hall–Kier alpha value is -0.0800. The van der Waals surface area contributed by atoms with E-state index < -0.39 is 0 Å². The fraction of sp³-hybridized carbons (Fsp3) is 1.00. The van der Waals surface area contributed by atoms with Gasteiger partial charge in [0.15, 0.2) is 0 Å². The molecule has 1 N–H and O–H groups in total. The van der Waals surface area contributed by atoms with Crippen molar-refractivity contribution >= 4 is 0 Å². The van der Waals surface area contributed by atoms with E-state index in [2.05, 4.69) is 27.9 Å². The monoisotopic (exact) mass is 314 g/mol. The maximum atomic E-state index is 9.34. The zero-order chi connectivity index (χ0) is 16.7. The third kappa shape index (κ3) is 11.5. The Morgan fingerprint density at radius 1 is 0.682 bits per heavy atom. The summed E-state index contributed by atoms with van der Waals surface area (Å²) >= 11 is 0. The van der Waals surface area contributed by atoms with Crippen LogP contribution in [0.3, 0.4) is 0 Å². The smallest absolute Gasteiger partial charge is 0.102 e. The van der Waals surface area contributed by atoms with E-state index in [0.29, 0.717) is 6.61 Å². The number of aliphatic hydroxyl groups excluding tert-OH is 1. The summed E-state index contributed by atoms with van der Waals surface area (Å²) in [6, 6.07) is 0.736. The van der Waals surface area contributed by atoms with E-state index in [0.717, 1.165) is 17.1 Å². The molecule has 0 rings (SSSR count). The van der Waals surface area contributed by atoms with Gasteiger partial charge in [-0.1, -0.05) is 71.6 Å². The largest absolute Gasteiger partial charge is 0.391 e. The third-order valence-electron chi connectivity index (χ3n) is 5.20. The van der Waals surface area contributed by atoms with Crippen LogP contribution in [0.2, 0.25) is 0 Å². The predicted octanol–water partition coefficient (Wildman–Crippen LogP) is 5.53. The van der Waals surface area contributed by atoms with Gasteiger partial charge < -0.3 is 9.59 Å². The Balaban J connectivity index is 4.01. The minimum atomic E-state index is 0.315. The van der Waals surface area contributed by atoms with E-state index >= 15 is 0 Å². The summed E-state index contributed by atoms with van der Waals surface area (Å²) < 4.78 is 0.998. The summed E-state index contributed by atoms with van der Waals surface area (Å²) in [7, 11) is 4.61. The molecular formula is C20H44NO+. The minimum absolute atomic E-state index is 0.315. The van der Waals surface area contributed by atoms with Gasteiger partial charge in [0.1, 0.15) is 6.54 Å². The highest BCUT2D eigenvalue weighted by Gasteiger charge is 2.26. The number of hydrogen-bond donors (Lipinski definition) is 1. The third-order valence-corrected chi connectivity index (χ3v) is 5.20. The maximum absolute atomic E-state index is 9.34. The van der Waals surface area contributed by atoms with Crippen molar-refractivity contribution in [2.45, 2.75) is 103 Å². The summed E-state index contributed by atoms with van der Waals surface area (Å²) in [6.45, 7) is 5.77. The molecule has 1 unspecified atom stereocenters. The zero-order valence-electron chi connectivity index (χ0n) is 16.1. The molecule has 22 heavy (non-hydrogen) atoms. The maximum Gasteiger partial charge on any atom is 0.102 e. The molecule has 0 bridgehead atoms. The van der Waals surface area contributed by atoms with Crippen molar-refractivity contribution in [2.75, 3.05) is 27.2 Å². The molecule has 0 aromatic heterocycles. The van der Waals surface area contributed by atoms with Gasteiger partial charge in [0.05, 0.1) is 26.7 Å². The highest BCUT2D eigenvalue weighted by molar-refractivity contribution is 4.61. The van der Waals surface area contributed by atoms with E-state index in [1.807, 2.05) is 0 Å². The molecule has 0 fully saturated rings. The Morgan fingerprint density at radius 3 is 1.55 bits per heavy atom. The number of nitrogens with zero attached hydrogens (tertiary/aromatic N) is 1. The lowest BCUT2D eigenvalue weighted by molar-refractivity contribution is -0.916. The van der Waals surface area contributed by atoms with Crippen LogP contribution in [0.5, 0.6) is 0 Å². The van der Waals surface area contributed by atoms with Crippen LogP contribution in [-0.4, -0.2) is 42.9 Å². The molecule has 0 aromatic rings. The lowest BCUT2D eigenvalue weighted by Gasteiger charge is -2.38. The molecule has 0 aliphatic carbocycles. The first-order valence-corrected chi connectivity index (χ1v) is 10.0. The van der Waals surface area contributed by atoms with Gasteiger partial charge in [0, 0.05) is 0 Å². The molecule has 1 atom stereocenters. The van der Waals surface area contributed by atoms with Gasteiger partial charge in [-0.05, 0) is 25.7 Å². The summed E-state index contributed by atoms with van der Waals surface area (Å²) in [4.78, 5) is 0. The fourth-order valence-electron chi connectivity index (χ4n) is 3.43. The van der Waals surface area contributed by atoms with Crippen LogP contribution in [0.1, 0.15) is 97.3 Å². The minimum Gasteiger partial charge on any atom is -0.391 e. The summed E-state index contributed by atoms with van der Waals surface area (Å²) in [5, 5.41) is 9.34. The van der Waals surface area contributed by atoms with Crippen LogP contribution in [0, 0.1) is 0 Å². The quantitative estimate of drug-likeness (QED) is 0.293. The summed E-state index contributed by atoms with van der Waals surface area (Å²) in [6.07, 6.45) is 17.9. The van der Waals surface area contributed by atoms with Crippen LogP contribution in [0.25, 0.3) is 0 Å². The van der Waals surface area contributed by atoms with Gasteiger partial charge in [-0.2, -0.15) is 0 Å². The standard InChI is InChI=1S/C20H44NO/c1-5-7-9-11-12-13-15-17-20(16-14-10-8-6-2)21(3,4)18-19-22/h20,22H,5-19H2,1-4H3/q+1. The molecule has 0 spiro atoms. The first-order valence-electron chi connectivity index (χ1n) is 10.0. The van der Waals surface area contributed by atoms with E-state index in [9.17, 15) is 5.11 Å². The van der Waals surface area contributed by atoms with Crippen LogP contribution in [0.15, 0.2) is 0 Å². The van der Waals surface area contributed by atoms with Crippen molar-refractivity contribution in [3.63, 3.8) is 0 Å². The Bertz CT molecular complexity index is 228. The zero-order valence-corrected chi connectivity index (χ0v) is 16.1. The van der Waals surface area contributed by atoms with Crippen molar-refractivity contribution in [1.29, 1.82) is 0 Å². The summed E-state index contributed by atoms with van der Waals surface area (Å²) in [5.41, 5.74) is 0. The second-order valence-corrected chi connectivity index (χ2v) is 7.64. The Kier molecular flexibility index (Phi) is 14.5. The van der Waals surface area contributed by atoms with E-state index in [4.69, 9.17) is 0 Å². The van der Waals surface area contributed by atoms with Crippen LogP contribution >= 0.6 is 0 Å². The second-order valence-electron chi connectivity index (χ2n) is 7.64. The molecule has 0 saturated heterocycles. The van der Waals surface area contributed by atoms with Gasteiger partial charge in [0.25, 0.3) is 0 Å². The average molecular weight is 315 g/mol. The first kappa shape index (κ1) is 21.9. The number of quaternary nitrogens is 1. The molecule has 0 radical (unpaired) electrons. The molecule has 0 aromatic carbocycles. The highest BCUT2D eigenvalue weighted by Crippen LogP contribution is 2.21. The average Bonchev–Trinajstić information content (AvgIpc) is 2.48. The molecule has 0 aliphatic heterocycles. The van der Waals surface area contributed by atoms with E-state index in [1.165, 1.54) is 83.5 Å². The molecule has 134 valence electrons. The molecule has 2 heteroatoms. The summed E-state index contributed by atoms with van der Waals surface area (Å²) in [5.74, 6) is 0. The van der Waals surface area contributed by atoms with Crippen molar-refractivity contribution in [1.82, 2.24) is 0 Å². The van der Waals surface area contributed by atoms with Gasteiger partial charge in [-0.15, -0.1) is 0 Å². The van der Waals surface area contributed by atoms with Crippen molar-refractivity contribution < 1.29 is 9.59 Å². The van der Waals surface area contributed by atoms with Crippen molar-refractivity contribution in [3.05, 3.63) is 0 Å². The van der Waals surface area contributed by atoms with Gasteiger partial charge in [0.2, 0.25) is 0 Å². The van der Waals surface area contributed by atoms with Crippen LogP contribution in [-0.2, 0) is 0 Å². The highest BCUT2D eigenvalue weighted by atomic mass is 16.3. The number of unbranched alkanes of at least 4 members (excludes halogenated alkanes) is 9. The number of aliphatic hydroxyl groups is 1. The predicted molar refractivity (Wildman–Crippen MR) is 99.2 cm³/mol. The van der Waals surface area contributed by atoms with E-state index in [-0.39, 0.29) is 0 Å². The molecule has 0 amide bonds. The Morgan fingerprint density at radius 2 is 1.09 bits per heavy atom. The second kappa shape index (κ2) is 14.5. The van der Waals surface area contributed by atoms with Gasteiger partial charge in [-0.3, -0.25) is 0 Å². The van der Waals surface area contributed by atoms with Crippen molar-refractivity contribution in [2.24, 2.45) is 0 Å². The SMILES string of the molecule is CCCCCCCCCC(CCCCCC)[N+](C)(C)CCO. The molecule has 0 saturated carbocycles. The number of likely N-dealkylation sites (N-methyl/N-ethyl adjacent to an activating group) is 1. The van der Waals surface area contributed by atoms with Crippen molar-refractivity contribution in [3.8, 4) is 0 Å². The van der Waals surface area contributed by atoms with Crippen LogP contribution in [0.4, 0.5) is 0 Å².